The summed E-state index contributed by atoms with van der Waals surface area (Å²) in [5.41, 5.74) is 5.88. The number of benzene rings is 4. The largest absolute Gasteiger partial charge is 0.480 e. The van der Waals surface area contributed by atoms with Crippen LogP contribution in [0.2, 0.25) is 0 Å². The molecule has 2 fully saturated rings. The fourth-order valence-electron chi connectivity index (χ4n) is 10.2. The lowest BCUT2D eigenvalue weighted by atomic mass is 9.89. The number of nitrogens with zero attached hydrogens (tertiary/aromatic N) is 2. The Morgan fingerprint density at radius 2 is 0.901 bits per heavy atom. The lowest BCUT2D eigenvalue weighted by Crippen LogP contribution is -2.38. The van der Waals surface area contributed by atoms with Gasteiger partial charge in [-0.2, -0.15) is 0 Å². The molecule has 4 aromatic carbocycles. The summed E-state index contributed by atoms with van der Waals surface area (Å²) in [6.45, 7) is 16.6. The summed E-state index contributed by atoms with van der Waals surface area (Å²) in [5.74, 6) is -3.10. The maximum atomic E-state index is 13.2. The first-order chi connectivity index (χ1) is 43.1. The SMILES string of the molecule is CC(=O)OCOC(=O)c1sc(-c2cccc(C3CCN(S(=O)(=O)Cc4ccccc4)CC3)c2)c(C)c1OCC(=O)OC(C)C.Cc1c(-c2cccc(C3CCN(S(=O)(=O)Cc4ccccc4)CC3)c2)sc(C(=O)OCOC(=O)C(C)(C)C)c1OCC(=O)OC(C)C. The average molecular weight is 1330 g/mol. The maximum Gasteiger partial charge on any atom is 0.355 e. The summed E-state index contributed by atoms with van der Waals surface area (Å²) in [6, 6.07) is 34.2. The van der Waals surface area contributed by atoms with Crippen LogP contribution < -0.4 is 9.47 Å². The van der Waals surface area contributed by atoms with Gasteiger partial charge in [0.15, 0.2) is 23.0 Å². The molecule has 4 heterocycles. The second-order valence-electron chi connectivity index (χ2n) is 23.6. The van der Waals surface area contributed by atoms with Crippen LogP contribution in [-0.2, 0) is 79.2 Å². The molecule has 0 unspecified atom stereocenters. The van der Waals surface area contributed by atoms with Crippen LogP contribution in [0.15, 0.2) is 109 Å². The lowest BCUT2D eigenvalue weighted by Gasteiger charge is -2.31. The minimum absolute atomic E-state index is 0.0170. The predicted octanol–water partition coefficient (Wildman–Crippen LogP) is 11.9. The Labute approximate surface area is 541 Å². The van der Waals surface area contributed by atoms with E-state index >= 15 is 0 Å². The monoisotopic (exact) mass is 1330 g/mol. The highest BCUT2D eigenvalue weighted by Crippen LogP contribution is 2.45. The third-order valence-electron chi connectivity index (χ3n) is 14.7. The van der Waals surface area contributed by atoms with Crippen LogP contribution in [-0.4, -0.2) is 126 Å². The van der Waals surface area contributed by atoms with Crippen LogP contribution in [0.1, 0.15) is 146 Å². The van der Waals surface area contributed by atoms with E-state index in [-0.39, 0.29) is 56.8 Å². The van der Waals surface area contributed by atoms with Crippen LogP contribution in [0.25, 0.3) is 20.9 Å². The van der Waals surface area contributed by atoms with Crippen molar-refractivity contribution in [2.45, 2.75) is 130 Å². The molecule has 8 rings (SSSR count). The highest BCUT2D eigenvalue weighted by Gasteiger charge is 2.33. The molecule has 91 heavy (non-hydrogen) atoms. The quantitative estimate of drug-likeness (QED) is 0.0310. The third kappa shape index (κ3) is 20.3. The second kappa shape index (κ2) is 32.2. The number of hydrogen-bond acceptors (Lipinski definition) is 20. The number of sulfonamides is 2. The molecule has 2 aliphatic rings. The van der Waals surface area contributed by atoms with Crippen molar-refractivity contribution in [2.75, 3.05) is 53.0 Å². The van der Waals surface area contributed by atoms with Crippen molar-refractivity contribution in [1.29, 1.82) is 0 Å². The van der Waals surface area contributed by atoms with Gasteiger partial charge in [0.25, 0.3) is 0 Å². The molecular formula is C67H80N2O18S4. The normalized spacial score (nSPS) is 14.4. The molecule has 0 saturated carbocycles. The number of hydrogen-bond donors (Lipinski definition) is 0. The van der Waals surface area contributed by atoms with E-state index < -0.39 is 88.1 Å². The lowest BCUT2D eigenvalue weighted by molar-refractivity contribution is -0.161. The standard InChI is InChI=1S/C35H43NO9S2.C32H37NO9S2/c1-23(2)45-29(37)20-42-30-24(3)31(46-32(30)33(38)43-22-44-34(39)35(4,5)6)28-14-10-13-27(19-28)26-15-17-36(18-16-26)47(40,41)21-25-11-8-7-9-12-25;1-21(2)42-28(35)18-39-29-22(3)30(43-31(29)32(36)41-20-40-23(4)34)27-12-8-11-26(17-27)25-13-15-33(16-14-25)44(37,38)19-24-9-6-5-7-10-24/h7-14,19,23,26H,15-18,20-22H2,1-6H3;5-12,17,21,25H,13-16,18-20H2,1-4H3. The molecule has 0 N–H and O–H groups in total. The van der Waals surface area contributed by atoms with E-state index in [1.807, 2.05) is 103 Å². The van der Waals surface area contributed by atoms with Crippen molar-refractivity contribution in [3.8, 4) is 32.4 Å². The predicted molar refractivity (Wildman–Crippen MR) is 346 cm³/mol. The van der Waals surface area contributed by atoms with E-state index in [2.05, 4.69) is 6.07 Å². The van der Waals surface area contributed by atoms with Gasteiger partial charge in [0.2, 0.25) is 33.6 Å². The second-order valence-corrected chi connectivity index (χ2v) is 29.6. The molecule has 20 nitrogen and oxygen atoms in total. The molecule has 0 spiro atoms. The molecule has 6 aromatic rings. The van der Waals surface area contributed by atoms with Gasteiger partial charge in [0.1, 0.15) is 11.5 Å². The van der Waals surface area contributed by atoms with E-state index in [4.69, 9.17) is 37.9 Å². The van der Waals surface area contributed by atoms with Crippen molar-refractivity contribution in [1.82, 2.24) is 8.61 Å². The summed E-state index contributed by atoms with van der Waals surface area (Å²) < 4.78 is 97.6. The molecule has 0 aliphatic carbocycles. The molecule has 24 heteroatoms. The van der Waals surface area contributed by atoms with Gasteiger partial charge >= 0.3 is 35.8 Å². The van der Waals surface area contributed by atoms with Gasteiger partial charge in [-0.3, -0.25) is 9.59 Å². The van der Waals surface area contributed by atoms with Gasteiger partial charge in [-0.1, -0.05) is 109 Å². The Kier molecular flexibility index (Phi) is 25.1. The summed E-state index contributed by atoms with van der Waals surface area (Å²) in [5, 5.41) is 0. The fraction of sp³-hybridized carbons (Fsp3) is 0.433. The zero-order chi connectivity index (χ0) is 66.2. The van der Waals surface area contributed by atoms with Crippen LogP contribution in [0, 0.1) is 19.3 Å². The minimum Gasteiger partial charge on any atom is -0.480 e. The number of carbonyl (C=O) groups excluding carboxylic acids is 6. The van der Waals surface area contributed by atoms with E-state index in [1.165, 1.54) is 6.92 Å². The number of thiophene rings is 2. The van der Waals surface area contributed by atoms with Crippen molar-refractivity contribution in [3.63, 3.8) is 0 Å². The molecule has 2 saturated heterocycles. The number of rotatable bonds is 24. The number of ether oxygens (including phenoxy) is 8. The summed E-state index contributed by atoms with van der Waals surface area (Å²) in [7, 11) is -6.85. The van der Waals surface area contributed by atoms with Crippen LogP contribution >= 0.6 is 22.7 Å². The molecule has 2 aromatic heterocycles. The zero-order valence-corrected chi connectivity index (χ0v) is 56.2. The first-order valence-electron chi connectivity index (χ1n) is 29.9. The molecule has 0 radical (unpaired) electrons. The van der Waals surface area contributed by atoms with Gasteiger partial charge in [0.05, 0.1) is 29.1 Å². The highest BCUT2D eigenvalue weighted by atomic mass is 32.2. The summed E-state index contributed by atoms with van der Waals surface area (Å²) >= 11 is 2.31. The van der Waals surface area contributed by atoms with Crippen LogP contribution in [0.3, 0.4) is 0 Å². The molecule has 0 bridgehead atoms. The Hall–Kier alpha value is -7.48. The molecule has 0 atom stereocenters. The van der Waals surface area contributed by atoms with Gasteiger partial charge in [-0.05, 0) is 133 Å². The van der Waals surface area contributed by atoms with Gasteiger partial charge < -0.3 is 37.9 Å². The van der Waals surface area contributed by atoms with Crippen molar-refractivity contribution in [3.05, 3.63) is 152 Å². The van der Waals surface area contributed by atoms with Gasteiger partial charge in [0, 0.05) is 54.0 Å². The van der Waals surface area contributed by atoms with Gasteiger partial charge in [-0.25, -0.2) is 44.6 Å². The Bertz CT molecular complexity index is 3730. The highest BCUT2D eigenvalue weighted by molar-refractivity contribution is 7.88. The van der Waals surface area contributed by atoms with Crippen LogP contribution in [0.4, 0.5) is 0 Å². The van der Waals surface area contributed by atoms with Crippen molar-refractivity contribution < 1.29 is 83.5 Å². The van der Waals surface area contributed by atoms with E-state index in [0.29, 0.717) is 63.0 Å². The zero-order valence-electron chi connectivity index (χ0n) is 53.0. The number of piperidine rings is 2. The first-order valence-corrected chi connectivity index (χ1v) is 34.8. The van der Waals surface area contributed by atoms with Crippen molar-refractivity contribution >= 4 is 78.5 Å². The Morgan fingerprint density at radius 1 is 0.527 bits per heavy atom. The van der Waals surface area contributed by atoms with E-state index in [9.17, 15) is 45.6 Å². The van der Waals surface area contributed by atoms with E-state index in [0.717, 1.165) is 65.8 Å². The van der Waals surface area contributed by atoms with Crippen LogP contribution in [0.5, 0.6) is 11.5 Å². The Morgan fingerprint density at radius 3 is 1.25 bits per heavy atom. The fourth-order valence-corrected chi connectivity index (χ4v) is 15.6. The molecule has 490 valence electrons. The van der Waals surface area contributed by atoms with E-state index in [1.54, 1.807) is 70.9 Å². The molecule has 0 amide bonds. The smallest absolute Gasteiger partial charge is 0.355 e. The Balaban J connectivity index is 0.000000259. The minimum atomic E-state index is -3.43. The number of carbonyl (C=O) groups is 6. The summed E-state index contributed by atoms with van der Waals surface area (Å²) in [4.78, 5) is 75.6. The number of esters is 6. The maximum absolute atomic E-state index is 13.2. The summed E-state index contributed by atoms with van der Waals surface area (Å²) in [6.07, 6.45) is 2.07. The molecular weight excluding hydrogens is 1250 g/mol. The molecule has 2 aliphatic heterocycles. The van der Waals surface area contributed by atoms with Crippen molar-refractivity contribution in [2.24, 2.45) is 5.41 Å². The average Bonchev–Trinajstić information content (AvgIpc) is 1.72. The topological polar surface area (TPSA) is 251 Å². The third-order valence-corrected chi connectivity index (χ3v) is 21.0. The first kappa shape index (κ1) is 71.0. The van der Waals surface area contributed by atoms with Gasteiger partial charge in [-0.15, -0.1) is 22.7 Å².